The first-order chi connectivity index (χ1) is 17.9. The predicted molar refractivity (Wildman–Crippen MR) is 150 cm³/mol. The maximum absolute atomic E-state index is 13.5. The van der Waals surface area contributed by atoms with Crippen LogP contribution in [0.2, 0.25) is 5.02 Å². The van der Waals surface area contributed by atoms with Gasteiger partial charge in [0.1, 0.15) is 18.8 Å². The maximum atomic E-state index is 13.5. The average molecular weight is 557 g/mol. The summed E-state index contributed by atoms with van der Waals surface area (Å²) in [6, 6.07) is 10.2. The first-order valence-electron chi connectivity index (χ1n) is 11.8. The summed E-state index contributed by atoms with van der Waals surface area (Å²) in [6.45, 7) is 12.6. The molecule has 1 aliphatic rings. The van der Waals surface area contributed by atoms with Crippen LogP contribution in [-0.4, -0.2) is 67.3 Å². The predicted octanol–water partition coefficient (Wildman–Crippen LogP) is 4.31. The zero-order chi connectivity index (χ0) is 28.2. The number of ether oxygens (including phenoxy) is 2. The number of amides is 1. The van der Waals surface area contributed by atoms with Gasteiger partial charge in [0, 0.05) is 16.4 Å². The highest BCUT2D eigenvalue weighted by atomic mass is 35.5. The Bertz CT molecular complexity index is 1320. The number of hydrogen-bond acceptors (Lipinski definition) is 7. The monoisotopic (exact) mass is 556 g/mol. The quantitative estimate of drug-likeness (QED) is 0.196. The summed E-state index contributed by atoms with van der Waals surface area (Å²) in [5.74, 6) is -1.17. The van der Waals surface area contributed by atoms with Crippen molar-refractivity contribution >= 4 is 63.8 Å². The molecule has 1 aliphatic heterocycles. The van der Waals surface area contributed by atoms with Gasteiger partial charge in [0.2, 0.25) is 0 Å². The number of rotatable bonds is 9. The van der Waals surface area contributed by atoms with Gasteiger partial charge in [0.25, 0.3) is 5.91 Å². The summed E-state index contributed by atoms with van der Waals surface area (Å²) in [4.78, 5) is 45.8. The smallest absolute Gasteiger partial charge is 0.320 e. The van der Waals surface area contributed by atoms with Crippen LogP contribution in [0.5, 0.6) is 0 Å². The molecule has 0 aliphatic carbocycles. The Kier molecular flexibility index (Phi) is 9.09. The fourth-order valence-electron chi connectivity index (χ4n) is 4.02. The van der Waals surface area contributed by atoms with Gasteiger partial charge in [-0.25, -0.2) is 4.85 Å². The topological polar surface area (TPSA) is 83.8 Å². The number of halogens is 1. The molecule has 2 aromatic rings. The Hall–Kier alpha value is -3.52. The van der Waals surface area contributed by atoms with E-state index in [-0.39, 0.29) is 37.2 Å². The van der Waals surface area contributed by atoms with Crippen LogP contribution in [0.4, 0.5) is 17.1 Å². The normalized spacial score (nSPS) is 14.6. The molecule has 38 heavy (non-hydrogen) atoms. The minimum atomic E-state index is -1.02. The Morgan fingerprint density at radius 1 is 1.08 bits per heavy atom. The second kappa shape index (κ2) is 11.9. The van der Waals surface area contributed by atoms with E-state index in [2.05, 4.69) is 4.85 Å². The number of anilines is 2. The van der Waals surface area contributed by atoms with Gasteiger partial charge < -0.3 is 14.4 Å². The van der Waals surface area contributed by atoms with Crippen LogP contribution in [0.25, 0.3) is 4.85 Å². The zero-order valence-corrected chi connectivity index (χ0v) is 23.5. The summed E-state index contributed by atoms with van der Waals surface area (Å²) < 4.78 is 10.2. The number of esters is 2. The molecule has 0 unspecified atom stereocenters. The fraction of sp³-hybridized carbons (Fsp3) is 0.370. The summed E-state index contributed by atoms with van der Waals surface area (Å²) in [5, 5.41) is 0.630. The molecule has 1 saturated heterocycles. The summed E-state index contributed by atoms with van der Waals surface area (Å²) in [5.41, 5.74) is 1.89. The second-order valence-electron chi connectivity index (χ2n) is 9.53. The van der Waals surface area contributed by atoms with E-state index in [1.54, 1.807) is 74.1 Å². The fourth-order valence-corrected chi connectivity index (χ4v) is 4.72. The van der Waals surface area contributed by atoms with Crippen molar-refractivity contribution in [2.45, 2.75) is 32.7 Å². The molecule has 0 bridgehead atoms. The van der Waals surface area contributed by atoms with Crippen molar-refractivity contribution in [1.29, 1.82) is 0 Å². The van der Waals surface area contributed by atoms with Gasteiger partial charge in [0.05, 0.1) is 19.5 Å². The molecule has 11 heteroatoms. The summed E-state index contributed by atoms with van der Waals surface area (Å²) >= 11 is 12.1. The van der Waals surface area contributed by atoms with Crippen LogP contribution in [0.15, 0.2) is 36.4 Å². The van der Waals surface area contributed by atoms with Crippen molar-refractivity contribution in [2.24, 2.45) is 0 Å². The van der Waals surface area contributed by atoms with Crippen LogP contribution in [0, 0.1) is 13.5 Å². The summed E-state index contributed by atoms with van der Waals surface area (Å²) in [6.07, 6.45) is -0.117. The number of thiocarbonyl (C=S) groups is 1. The molecule has 2 aromatic carbocycles. The molecule has 1 amide bonds. The molecule has 0 aromatic heterocycles. The standard InChI is InChI=1S/C27H29ClN4O5S/c1-17-13-19(8-10-22(17)29-4)31-25(35)27(2,3)32(26(31)38)20-7-9-21(28)18(14-20)15-23(33)36-11-12-37-24(34)16-30(5)6/h7-10,13-14H,11-12,15-16H2,1-3,5-6H3. The average Bonchev–Trinajstić information content (AvgIpc) is 3.01. The Labute approximate surface area is 232 Å². The molecule has 0 atom stereocenters. The van der Waals surface area contributed by atoms with Gasteiger partial charge in [-0.2, -0.15) is 0 Å². The molecule has 200 valence electrons. The van der Waals surface area contributed by atoms with E-state index < -0.39 is 17.5 Å². The number of carbonyl (C=O) groups excluding carboxylic acids is 3. The SMILES string of the molecule is [C-]#[N+]c1ccc(N2C(=O)C(C)(C)N(c3ccc(Cl)c(CC(=O)OCCOC(=O)CN(C)C)c3)C2=S)cc1C. The highest BCUT2D eigenvalue weighted by Gasteiger charge is 2.50. The largest absolute Gasteiger partial charge is 0.462 e. The Morgan fingerprint density at radius 3 is 2.32 bits per heavy atom. The number of likely N-dealkylation sites (N-methyl/N-ethyl adjacent to an activating group) is 1. The minimum absolute atomic E-state index is 0.0449. The lowest BCUT2D eigenvalue weighted by Gasteiger charge is -2.30. The molecule has 0 N–H and O–H groups in total. The van der Waals surface area contributed by atoms with Crippen molar-refractivity contribution in [3.63, 3.8) is 0 Å². The highest BCUT2D eigenvalue weighted by Crippen LogP contribution is 2.38. The second-order valence-corrected chi connectivity index (χ2v) is 10.3. The molecule has 9 nitrogen and oxygen atoms in total. The Balaban J connectivity index is 1.76. The van der Waals surface area contributed by atoms with E-state index in [1.165, 1.54) is 4.90 Å². The van der Waals surface area contributed by atoms with E-state index >= 15 is 0 Å². The first-order valence-corrected chi connectivity index (χ1v) is 12.6. The first kappa shape index (κ1) is 29.0. The van der Waals surface area contributed by atoms with E-state index in [1.807, 2.05) is 6.92 Å². The minimum Gasteiger partial charge on any atom is -0.462 e. The third kappa shape index (κ3) is 6.30. The van der Waals surface area contributed by atoms with Crippen LogP contribution in [-0.2, 0) is 30.3 Å². The molecule has 0 saturated carbocycles. The van der Waals surface area contributed by atoms with E-state index in [0.717, 1.165) is 5.56 Å². The van der Waals surface area contributed by atoms with E-state index in [0.29, 0.717) is 27.6 Å². The lowest BCUT2D eigenvalue weighted by atomic mass is 10.0. The van der Waals surface area contributed by atoms with Crippen LogP contribution >= 0.6 is 23.8 Å². The van der Waals surface area contributed by atoms with Gasteiger partial charge in [-0.1, -0.05) is 17.7 Å². The van der Waals surface area contributed by atoms with Crippen molar-refractivity contribution in [1.82, 2.24) is 4.90 Å². The Morgan fingerprint density at radius 2 is 1.71 bits per heavy atom. The van der Waals surface area contributed by atoms with Gasteiger partial charge >= 0.3 is 11.9 Å². The van der Waals surface area contributed by atoms with Gasteiger partial charge in [0.15, 0.2) is 10.8 Å². The highest BCUT2D eigenvalue weighted by molar-refractivity contribution is 7.81. The zero-order valence-electron chi connectivity index (χ0n) is 21.9. The number of benzene rings is 2. The molecule has 0 spiro atoms. The van der Waals surface area contributed by atoms with Gasteiger partial charge in [-0.3, -0.25) is 24.2 Å². The number of aryl methyl sites for hydroxylation is 1. The van der Waals surface area contributed by atoms with Crippen molar-refractivity contribution in [2.75, 3.05) is 43.7 Å². The third-order valence-corrected chi connectivity index (χ3v) is 6.64. The van der Waals surface area contributed by atoms with Crippen molar-refractivity contribution in [3.8, 4) is 0 Å². The van der Waals surface area contributed by atoms with Crippen molar-refractivity contribution < 1.29 is 23.9 Å². The lowest BCUT2D eigenvalue weighted by molar-refractivity contribution is -0.152. The summed E-state index contributed by atoms with van der Waals surface area (Å²) in [7, 11) is 3.49. The van der Waals surface area contributed by atoms with Crippen molar-refractivity contribution in [3.05, 3.63) is 64.0 Å². The van der Waals surface area contributed by atoms with Crippen LogP contribution in [0.3, 0.4) is 0 Å². The van der Waals surface area contributed by atoms with Crippen LogP contribution in [0.1, 0.15) is 25.0 Å². The molecular weight excluding hydrogens is 528 g/mol. The van der Waals surface area contributed by atoms with Gasteiger partial charge in [-0.15, -0.1) is 0 Å². The maximum Gasteiger partial charge on any atom is 0.320 e. The van der Waals surface area contributed by atoms with E-state index in [4.69, 9.17) is 39.9 Å². The molecule has 1 heterocycles. The number of nitrogens with zero attached hydrogens (tertiary/aromatic N) is 4. The van der Waals surface area contributed by atoms with Crippen LogP contribution < -0.4 is 9.80 Å². The number of hydrogen-bond donors (Lipinski definition) is 0. The lowest BCUT2D eigenvalue weighted by Crippen LogP contribution is -2.44. The van der Waals surface area contributed by atoms with Gasteiger partial charge in [-0.05, 0) is 88.5 Å². The molecule has 3 rings (SSSR count). The molecule has 1 fully saturated rings. The molecular formula is C27H29ClN4O5S. The third-order valence-electron chi connectivity index (χ3n) is 5.90. The number of carbonyl (C=O) groups is 3. The molecule has 0 radical (unpaired) electrons. The van der Waals surface area contributed by atoms with E-state index in [9.17, 15) is 14.4 Å².